The molecule has 1 aromatic rings. The molecule has 1 saturated carbocycles. The van der Waals surface area contributed by atoms with Crippen molar-refractivity contribution in [1.82, 2.24) is 4.90 Å². The average Bonchev–Trinajstić information content (AvgIpc) is 2.64. The summed E-state index contributed by atoms with van der Waals surface area (Å²) in [4.78, 5) is 14.2. The molecule has 2 nitrogen and oxygen atoms in total. The van der Waals surface area contributed by atoms with Gasteiger partial charge in [-0.3, -0.25) is 9.69 Å². The van der Waals surface area contributed by atoms with E-state index < -0.39 is 0 Å². The van der Waals surface area contributed by atoms with Gasteiger partial charge in [0, 0.05) is 19.5 Å². The van der Waals surface area contributed by atoms with Crippen molar-refractivity contribution in [2.45, 2.75) is 31.8 Å². The predicted molar refractivity (Wildman–Crippen MR) is 63.0 cm³/mol. The molecule has 2 heteroatoms. The molecule has 1 aliphatic heterocycles. The first-order chi connectivity index (χ1) is 7.83. The summed E-state index contributed by atoms with van der Waals surface area (Å²) in [5.74, 6) is 1.23. The summed E-state index contributed by atoms with van der Waals surface area (Å²) in [5.41, 5.74) is 1.32. The van der Waals surface area contributed by atoms with Crippen LogP contribution in [0.25, 0.3) is 0 Å². The Morgan fingerprint density at radius 3 is 2.88 bits per heavy atom. The number of carbonyl (C=O) groups is 1. The first kappa shape index (κ1) is 10.0. The van der Waals surface area contributed by atoms with Crippen molar-refractivity contribution >= 4 is 5.78 Å². The van der Waals surface area contributed by atoms with Gasteiger partial charge in [-0.15, -0.1) is 0 Å². The maximum absolute atomic E-state index is 11.8. The second-order valence-electron chi connectivity index (χ2n) is 5.04. The highest BCUT2D eigenvalue weighted by atomic mass is 16.1. The minimum atomic E-state index is 0.221. The van der Waals surface area contributed by atoms with E-state index in [1.54, 1.807) is 0 Å². The van der Waals surface area contributed by atoms with Crippen molar-refractivity contribution in [3.05, 3.63) is 35.9 Å². The number of ketones is 1. The predicted octanol–water partition coefficient (Wildman–Crippen LogP) is 2.24. The second-order valence-corrected chi connectivity index (χ2v) is 5.04. The van der Waals surface area contributed by atoms with Gasteiger partial charge in [-0.2, -0.15) is 0 Å². The molecular weight excluding hydrogens is 198 g/mol. The molecule has 2 aliphatic rings. The van der Waals surface area contributed by atoms with E-state index in [1.165, 1.54) is 5.56 Å². The van der Waals surface area contributed by atoms with Crippen LogP contribution in [0, 0.1) is 5.92 Å². The minimum absolute atomic E-state index is 0.221. The van der Waals surface area contributed by atoms with Crippen LogP contribution in [0.3, 0.4) is 0 Å². The van der Waals surface area contributed by atoms with Gasteiger partial charge in [0.15, 0.2) is 0 Å². The van der Waals surface area contributed by atoms with Gasteiger partial charge in [0.25, 0.3) is 0 Å². The highest BCUT2D eigenvalue weighted by molar-refractivity contribution is 5.85. The molecule has 2 atom stereocenters. The Labute approximate surface area is 96.3 Å². The van der Waals surface area contributed by atoms with Crippen LogP contribution >= 0.6 is 0 Å². The molecule has 1 aliphatic carbocycles. The monoisotopic (exact) mass is 215 g/mol. The SMILES string of the molecule is O=C1CCC2CC1N(Cc1ccccc1)C2. The zero-order valence-corrected chi connectivity index (χ0v) is 9.43. The minimum Gasteiger partial charge on any atom is -0.298 e. The van der Waals surface area contributed by atoms with Crippen molar-refractivity contribution in [1.29, 1.82) is 0 Å². The van der Waals surface area contributed by atoms with Crippen LogP contribution in [0.2, 0.25) is 0 Å². The molecule has 0 radical (unpaired) electrons. The third-order valence-electron chi connectivity index (χ3n) is 3.89. The Morgan fingerprint density at radius 1 is 1.25 bits per heavy atom. The number of benzene rings is 1. The molecule has 1 heterocycles. The van der Waals surface area contributed by atoms with Crippen LogP contribution < -0.4 is 0 Å². The molecule has 1 aromatic carbocycles. The summed E-state index contributed by atoms with van der Waals surface area (Å²) in [5, 5.41) is 0. The van der Waals surface area contributed by atoms with Gasteiger partial charge in [-0.1, -0.05) is 30.3 Å². The molecule has 0 aromatic heterocycles. The number of hydrogen-bond donors (Lipinski definition) is 0. The zero-order chi connectivity index (χ0) is 11.0. The largest absolute Gasteiger partial charge is 0.298 e. The van der Waals surface area contributed by atoms with E-state index in [4.69, 9.17) is 0 Å². The maximum Gasteiger partial charge on any atom is 0.149 e. The second kappa shape index (κ2) is 4.02. The smallest absolute Gasteiger partial charge is 0.149 e. The molecule has 16 heavy (non-hydrogen) atoms. The van der Waals surface area contributed by atoms with Crippen molar-refractivity contribution in [2.24, 2.45) is 5.92 Å². The van der Waals surface area contributed by atoms with Gasteiger partial charge in [0.2, 0.25) is 0 Å². The molecule has 2 bridgehead atoms. The topological polar surface area (TPSA) is 20.3 Å². The summed E-state index contributed by atoms with van der Waals surface area (Å²) >= 11 is 0. The highest BCUT2D eigenvalue weighted by Crippen LogP contribution is 2.34. The number of nitrogens with zero attached hydrogens (tertiary/aromatic N) is 1. The van der Waals surface area contributed by atoms with Gasteiger partial charge in [-0.05, 0) is 24.3 Å². The van der Waals surface area contributed by atoms with E-state index in [-0.39, 0.29) is 6.04 Å². The molecule has 3 rings (SSSR count). The van der Waals surface area contributed by atoms with E-state index in [9.17, 15) is 4.79 Å². The lowest BCUT2D eigenvalue weighted by atomic mass is 9.89. The lowest BCUT2D eigenvalue weighted by molar-refractivity contribution is -0.124. The molecular formula is C14H17NO. The van der Waals surface area contributed by atoms with E-state index >= 15 is 0 Å². The first-order valence-corrected chi connectivity index (χ1v) is 6.13. The number of rotatable bonds is 2. The van der Waals surface area contributed by atoms with Gasteiger partial charge >= 0.3 is 0 Å². The Kier molecular flexibility index (Phi) is 2.52. The van der Waals surface area contributed by atoms with Crippen molar-refractivity contribution < 1.29 is 4.79 Å². The summed E-state index contributed by atoms with van der Waals surface area (Å²) in [6, 6.07) is 10.7. The van der Waals surface area contributed by atoms with Crippen LogP contribution in [0.4, 0.5) is 0 Å². The standard InChI is InChI=1S/C14H17NO/c16-14-7-6-12-8-13(14)15(10-12)9-11-4-2-1-3-5-11/h1-5,12-13H,6-10H2. The molecule has 2 fully saturated rings. The van der Waals surface area contributed by atoms with Gasteiger partial charge in [0.05, 0.1) is 6.04 Å². The molecule has 0 amide bonds. The van der Waals surface area contributed by atoms with E-state index in [0.29, 0.717) is 5.78 Å². The van der Waals surface area contributed by atoms with Gasteiger partial charge < -0.3 is 0 Å². The summed E-state index contributed by atoms with van der Waals surface area (Å²) in [6.45, 7) is 2.05. The van der Waals surface area contributed by atoms with Crippen LogP contribution in [0.5, 0.6) is 0 Å². The van der Waals surface area contributed by atoms with Gasteiger partial charge in [-0.25, -0.2) is 0 Å². The van der Waals surface area contributed by atoms with E-state index in [0.717, 1.165) is 38.3 Å². The fourth-order valence-electron chi connectivity index (χ4n) is 3.05. The van der Waals surface area contributed by atoms with Crippen molar-refractivity contribution in [2.75, 3.05) is 6.54 Å². The van der Waals surface area contributed by atoms with Crippen molar-refractivity contribution in [3.63, 3.8) is 0 Å². The summed E-state index contributed by atoms with van der Waals surface area (Å²) in [6.07, 6.45) is 3.02. The molecule has 0 N–H and O–H groups in total. The maximum atomic E-state index is 11.8. The Balaban J connectivity index is 1.74. The Hall–Kier alpha value is -1.15. The zero-order valence-electron chi connectivity index (χ0n) is 9.43. The van der Waals surface area contributed by atoms with E-state index in [2.05, 4.69) is 29.2 Å². The van der Waals surface area contributed by atoms with Crippen LogP contribution in [0.1, 0.15) is 24.8 Å². The number of likely N-dealkylation sites (tertiary alicyclic amines) is 1. The molecule has 2 unspecified atom stereocenters. The van der Waals surface area contributed by atoms with Crippen LogP contribution in [-0.4, -0.2) is 23.3 Å². The number of carbonyl (C=O) groups excluding carboxylic acids is 1. The fourth-order valence-corrected chi connectivity index (χ4v) is 3.05. The lowest BCUT2D eigenvalue weighted by Gasteiger charge is -2.23. The Bertz CT molecular complexity index is 387. The summed E-state index contributed by atoms with van der Waals surface area (Å²) < 4.78 is 0. The third-order valence-corrected chi connectivity index (χ3v) is 3.89. The number of hydrogen-bond acceptors (Lipinski definition) is 2. The molecule has 0 spiro atoms. The molecule has 1 saturated heterocycles. The quantitative estimate of drug-likeness (QED) is 0.754. The lowest BCUT2D eigenvalue weighted by Crippen LogP contribution is -2.35. The summed E-state index contributed by atoms with van der Waals surface area (Å²) in [7, 11) is 0. The van der Waals surface area contributed by atoms with E-state index in [1.807, 2.05) is 6.07 Å². The number of Topliss-reactive ketones (excluding diaryl/α,β-unsaturated/α-hetero) is 1. The normalized spacial score (nSPS) is 29.6. The van der Waals surface area contributed by atoms with Crippen LogP contribution in [-0.2, 0) is 11.3 Å². The number of fused-ring (bicyclic) bond motifs is 2. The fraction of sp³-hybridized carbons (Fsp3) is 0.500. The third kappa shape index (κ3) is 1.78. The van der Waals surface area contributed by atoms with Crippen LogP contribution in [0.15, 0.2) is 30.3 Å². The highest BCUT2D eigenvalue weighted by Gasteiger charge is 2.39. The van der Waals surface area contributed by atoms with Gasteiger partial charge in [0.1, 0.15) is 5.78 Å². The molecule has 84 valence electrons. The first-order valence-electron chi connectivity index (χ1n) is 6.13. The average molecular weight is 215 g/mol. The Morgan fingerprint density at radius 2 is 2.06 bits per heavy atom. The van der Waals surface area contributed by atoms with Crippen molar-refractivity contribution in [3.8, 4) is 0 Å².